The number of benzene rings is 6. The molecule has 0 aromatic heterocycles. The van der Waals surface area contributed by atoms with Gasteiger partial charge in [-0.25, -0.2) is 0 Å². The van der Waals surface area contributed by atoms with Crippen LogP contribution in [-0.2, 0) is 12.8 Å². The topological polar surface area (TPSA) is 43.4 Å². The van der Waals surface area contributed by atoms with Crippen molar-refractivity contribution in [3.8, 4) is 23.0 Å². The molecule has 0 unspecified atom stereocenters. The van der Waals surface area contributed by atoms with Crippen molar-refractivity contribution in [2.45, 2.75) is 12.8 Å². The minimum Gasteiger partial charge on any atom is -0.497 e. The molecule has 0 atom stereocenters. The minimum absolute atomic E-state index is 0.821. The van der Waals surface area contributed by atoms with E-state index in [2.05, 4.69) is 82.6 Å². The Morgan fingerprint density at radius 2 is 0.652 bits per heavy atom. The molecule has 6 heteroatoms. The Balaban J connectivity index is 1.40. The van der Waals surface area contributed by atoms with Crippen LogP contribution in [-0.4, -0.2) is 28.4 Å². The van der Waals surface area contributed by atoms with E-state index in [1.165, 1.54) is 21.9 Å². The maximum atomic E-state index is 5.47. The first kappa shape index (κ1) is 29.1. The van der Waals surface area contributed by atoms with Crippen molar-refractivity contribution < 1.29 is 18.9 Å². The molecule has 0 radical (unpaired) electrons. The van der Waals surface area contributed by atoms with E-state index in [4.69, 9.17) is 18.9 Å². The second-order valence-corrected chi connectivity index (χ2v) is 11.3. The Hall–Kier alpha value is -5.62. The van der Waals surface area contributed by atoms with Crippen LogP contribution in [0.25, 0.3) is 10.8 Å². The highest BCUT2D eigenvalue weighted by Crippen LogP contribution is 2.45. The lowest BCUT2D eigenvalue weighted by Gasteiger charge is -2.28. The van der Waals surface area contributed by atoms with Crippen LogP contribution in [0.2, 0.25) is 0 Å². The van der Waals surface area contributed by atoms with E-state index in [9.17, 15) is 0 Å². The summed E-state index contributed by atoms with van der Waals surface area (Å²) >= 11 is 0. The third-order valence-electron chi connectivity index (χ3n) is 8.68. The first-order valence-electron chi connectivity index (χ1n) is 15.3. The van der Waals surface area contributed by atoms with Crippen LogP contribution in [0, 0.1) is 0 Å². The summed E-state index contributed by atoms with van der Waals surface area (Å²) in [6.45, 7) is 0. The van der Waals surface area contributed by atoms with Crippen molar-refractivity contribution in [2.75, 3.05) is 38.2 Å². The number of rotatable bonds is 10. The average molecular weight is 609 g/mol. The highest BCUT2D eigenvalue weighted by atomic mass is 16.5. The fraction of sp³-hybridized carbons (Fsp3) is 0.150. The predicted octanol–water partition coefficient (Wildman–Crippen LogP) is 9.91. The molecule has 0 amide bonds. The maximum absolute atomic E-state index is 5.47. The zero-order valence-electron chi connectivity index (χ0n) is 26.5. The normalized spacial score (nSPS) is 11.7. The lowest BCUT2D eigenvalue weighted by molar-refractivity contribution is 0.414. The van der Waals surface area contributed by atoms with Crippen molar-refractivity contribution in [3.63, 3.8) is 0 Å². The summed E-state index contributed by atoms with van der Waals surface area (Å²) in [7, 11) is 6.77. The van der Waals surface area contributed by atoms with Gasteiger partial charge in [0, 0.05) is 34.1 Å². The van der Waals surface area contributed by atoms with Crippen LogP contribution in [0.3, 0.4) is 0 Å². The van der Waals surface area contributed by atoms with Crippen molar-refractivity contribution in [1.82, 2.24) is 0 Å². The number of aryl methyl sites for hydroxylation is 2. The van der Waals surface area contributed by atoms with Crippen LogP contribution in [0.5, 0.6) is 23.0 Å². The molecule has 1 aliphatic carbocycles. The highest BCUT2D eigenvalue weighted by Gasteiger charge is 2.23. The zero-order valence-corrected chi connectivity index (χ0v) is 26.5. The molecule has 6 aromatic carbocycles. The van der Waals surface area contributed by atoms with E-state index in [0.29, 0.717) is 0 Å². The SMILES string of the molecule is COc1ccc(N(c2ccc(OC)cc2)c2cc3c4c(cc(N(c5ccc(OC)cc5)c5ccc(OC)cc5)cc4c2)CC3)cc1. The molecule has 6 nitrogen and oxygen atoms in total. The first-order valence-corrected chi connectivity index (χ1v) is 15.3. The molecule has 0 bridgehead atoms. The molecule has 7 rings (SSSR count). The van der Waals surface area contributed by atoms with E-state index in [-0.39, 0.29) is 0 Å². The Morgan fingerprint density at radius 1 is 0.370 bits per heavy atom. The van der Waals surface area contributed by atoms with Gasteiger partial charge in [-0.05, 0) is 156 Å². The van der Waals surface area contributed by atoms with E-state index in [1.807, 2.05) is 48.5 Å². The number of ether oxygens (including phenoxy) is 4. The molecule has 1 aliphatic rings. The van der Waals surface area contributed by atoms with Crippen LogP contribution in [0.4, 0.5) is 34.1 Å². The smallest absolute Gasteiger partial charge is 0.119 e. The first-order chi connectivity index (χ1) is 22.6. The summed E-state index contributed by atoms with van der Waals surface area (Å²) in [6, 6.07) is 42.1. The monoisotopic (exact) mass is 608 g/mol. The van der Waals surface area contributed by atoms with Crippen molar-refractivity contribution in [3.05, 3.63) is 132 Å². The Kier molecular flexibility index (Phi) is 7.85. The molecular formula is C40H36N2O4. The molecule has 6 aromatic rings. The van der Waals surface area contributed by atoms with Crippen LogP contribution < -0.4 is 28.7 Å². The second-order valence-electron chi connectivity index (χ2n) is 11.3. The molecule has 46 heavy (non-hydrogen) atoms. The number of anilines is 6. The van der Waals surface area contributed by atoms with Crippen LogP contribution in [0.1, 0.15) is 11.1 Å². The number of hydrogen-bond donors (Lipinski definition) is 0. The highest BCUT2D eigenvalue weighted by molar-refractivity contribution is 5.99. The molecule has 0 fully saturated rings. The maximum Gasteiger partial charge on any atom is 0.119 e. The summed E-state index contributed by atoms with van der Waals surface area (Å²) < 4.78 is 21.9. The molecule has 0 aliphatic heterocycles. The van der Waals surface area contributed by atoms with E-state index < -0.39 is 0 Å². The van der Waals surface area contributed by atoms with Crippen molar-refractivity contribution in [1.29, 1.82) is 0 Å². The van der Waals surface area contributed by atoms with Crippen LogP contribution in [0.15, 0.2) is 121 Å². The fourth-order valence-electron chi connectivity index (χ4n) is 6.41. The minimum atomic E-state index is 0.821. The van der Waals surface area contributed by atoms with Gasteiger partial charge in [0.25, 0.3) is 0 Å². The Morgan fingerprint density at radius 3 is 0.913 bits per heavy atom. The molecule has 0 N–H and O–H groups in total. The number of methoxy groups -OCH3 is 4. The van der Waals surface area contributed by atoms with Crippen LogP contribution >= 0.6 is 0 Å². The summed E-state index contributed by atoms with van der Waals surface area (Å²) in [5.41, 5.74) is 9.11. The van der Waals surface area contributed by atoms with Gasteiger partial charge in [-0.2, -0.15) is 0 Å². The van der Waals surface area contributed by atoms with Gasteiger partial charge in [-0.3, -0.25) is 0 Å². The van der Waals surface area contributed by atoms with Crippen molar-refractivity contribution >= 4 is 44.9 Å². The van der Waals surface area contributed by atoms with Crippen molar-refractivity contribution in [2.24, 2.45) is 0 Å². The molecule has 0 heterocycles. The van der Waals surface area contributed by atoms with Gasteiger partial charge in [0.15, 0.2) is 0 Å². The summed E-state index contributed by atoms with van der Waals surface area (Å²) in [5, 5.41) is 2.55. The molecule has 0 spiro atoms. The average Bonchev–Trinajstić information content (AvgIpc) is 3.53. The Labute approximate surface area is 269 Å². The van der Waals surface area contributed by atoms with E-state index in [0.717, 1.165) is 70.0 Å². The Bertz CT molecular complexity index is 1730. The molecular weight excluding hydrogens is 572 g/mol. The molecule has 230 valence electrons. The zero-order chi connectivity index (χ0) is 31.6. The third kappa shape index (κ3) is 5.43. The predicted molar refractivity (Wildman–Crippen MR) is 187 cm³/mol. The summed E-state index contributed by atoms with van der Waals surface area (Å²) in [5.74, 6) is 3.29. The van der Waals surface area contributed by atoms with Gasteiger partial charge < -0.3 is 28.7 Å². The summed E-state index contributed by atoms with van der Waals surface area (Å²) in [4.78, 5) is 4.59. The van der Waals surface area contributed by atoms with Gasteiger partial charge in [0.1, 0.15) is 23.0 Å². The second kappa shape index (κ2) is 12.4. The number of hydrogen-bond acceptors (Lipinski definition) is 6. The standard InChI is InChI=1S/C40H36N2O4/c1-43-36-15-7-30(8-16-36)41(31-9-17-37(44-2)18-10-31)34-23-27-5-6-28-24-35(26-29(25-34)40(27)28)42(32-11-19-38(45-3)20-12-32)33-13-21-39(46-4)22-14-33/h7-26H,5-6H2,1-4H3. The quantitative estimate of drug-likeness (QED) is 0.154. The van der Waals surface area contributed by atoms with Gasteiger partial charge in [-0.1, -0.05) is 0 Å². The van der Waals surface area contributed by atoms with Gasteiger partial charge >= 0.3 is 0 Å². The summed E-state index contributed by atoms with van der Waals surface area (Å²) in [6.07, 6.45) is 1.99. The van der Waals surface area contributed by atoms with Gasteiger partial charge in [-0.15, -0.1) is 0 Å². The van der Waals surface area contributed by atoms with Gasteiger partial charge in [0.05, 0.1) is 28.4 Å². The fourth-order valence-corrected chi connectivity index (χ4v) is 6.41. The molecule has 0 saturated heterocycles. The third-order valence-corrected chi connectivity index (χ3v) is 8.68. The largest absolute Gasteiger partial charge is 0.497 e. The molecule has 0 saturated carbocycles. The van der Waals surface area contributed by atoms with Gasteiger partial charge in [0.2, 0.25) is 0 Å². The van der Waals surface area contributed by atoms with E-state index >= 15 is 0 Å². The lowest BCUT2D eigenvalue weighted by Crippen LogP contribution is -2.11. The lowest BCUT2D eigenvalue weighted by atomic mass is 10.0. The van der Waals surface area contributed by atoms with E-state index in [1.54, 1.807) is 28.4 Å². The number of nitrogens with zero attached hydrogens (tertiary/aromatic N) is 2.